The first-order chi connectivity index (χ1) is 7.08. The highest BCUT2D eigenvalue weighted by Crippen LogP contribution is 2.35. The predicted molar refractivity (Wildman–Crippen MR) is 61.5 cm³/mol. The molecule has 1 aliphatic rings. The SMILES string of the molecule is C=C(CC)C(=O)OC1CC(C)C(CC)C1. The van der Waals surface area contributed by atoms with Crippen LogP contribution in [0.1, 0.15) is 46.5 Å². The molecule has 0 amide bonds. The minimum absolute atomic E-state index is 0.126. The number of carbonyl (C=O) groups excluding carboxylic acids is 1. The van der Waals surface area contributed by atoms with E-state index in [1.807, 2.05) is 6.92 Å². The van der Waals surface area contributed by atoms with Crippen molar-refractivity contribution in [3.8, 4) is 0 Å². The number of ether oxygens (including phenoxy) is 1. The fourth-order valence-electron chi connectivity index (χ4n) is 2.32. The Labute approximate surface area is 92.7 Å². The maximum atomic E-state index is 11.5. The highest BCUT2D eigenvalue weighted by Gasteiger charge is 2.32. The molecular weight excluding hydrogens is 188 g/mol. The van der Waals surface area contributed by atoms with Crippen LogP contribution in [0.15, 0.2) is 12.2 Å². The molecule has 1 rings (SSSR count). The first-order valence-electron chi connectivity index (χ1n) is 5.97. The van der Waals surface area contributed by atoms with Crippen LogP contribution in [0.4, 0.5) is 0 Å². The Morgan fingerprint density at radius 3 is 2.53 bits per heavy atom. The molecule has 2 heteroatoms. The third-order valence-electron chi connectivity index (χ3n) is 3.52. The second kappa shape index (κ2) is 5.34. The third-order valence-corrected chi connectivity index (χ3v) is 3.52. The standard InChI is InChI=1S/C13H22O2/c1-5-9(3)13(14)15-12-7-10(4)11(6-2)8-12/h10-12H,3,5-8H2,1-2,4H3. The molecular formula is C13H22O2. The Bertz CT molecular complexity index is 245. The molecule has 15 heavy (non-hydrogen) atoms. The van der Waals surface area contributed by atoms with E-state index in [2.05, 4.69) is 20.4 Å². The van der Waals surface area contributed by atoms with Crippen LogP contribution >= 0.6 is 0 Å². The van der Waals surface area contributed by atoms with Gasteiger partial charge in [-0.15, -0.1) is 0 Å². The molecule has 0 radical (unpaired) electrons. The first kappa shape index (κ1) is 12.3. The lowest BCUT2D eigenvalue weighted by Crippen LogP contribution is -2.16. The molecule has 86 valence electrons. The molecule has 3 unspecified atom stereocenters. The van der Waals surface area contributed by atoms with Crippen molar-refractivity contribution in [3.05, 3.63) is 12.2 Å². The van der Waals surface area contributed by atoms with Crippen molar-refractivity contribution in [1.29, 1.82) is 0 Å². The van der Waals surface area contributed by atoms with E-state index in [0.717, 1.165) is 18.8 Å². The lowest BCUT2D eigenvalue weighted by molar-refractivity contribution is -0.144. The first-order valence-corrected chi connectivity index (χ1v) is 5.97. The van der Waals surface area contributed by atoms with E-state index in [1.165, 1.54) is 6.42 Å². The van der Waals surface area contributed by atoms with Crippen LogP contribution < -0.4 is 0 Å². The second-order valence-corrected chi connectivity index (χ2v) is 4.60. The van der Waals surface area contributed by atoms with Crippen LogP contribution in [-0.2, 0) is 9.53 Å². The zero-order valence-corrected chi connectivity index (χ0v) is 10.1. The van der Waals surface area contributed by atoms with Crippen molar-refractivity contribution < 1.29 is 9.53 Å². The van der Waals surface area contributed by atoms with Gasteiger partial charge in [-0.1, -0.05) is 33.8 Å². The van der Waals surface area contributed by atoms with E-state index in [-0.39, 0.29) is 12.1 Å². The largest absolute Gasteiger partial charge is 0.459 e. The minimum atomic E-state index is -0.202. The van der Waals surface area contributed by atoms with E-state index < -0.39 is 0 Å². The quantitative estimate of drug-likeness (QED) is 0.525. The van der Waals surface area contributed by atoms with E-state index in [0.29, 0.717) is 17.9 Å². The average Bonchev–Trinajstić information content (AvgIpc) is 2.57. The van der Waals surface area contributed by atoms with Crippen LogP contribution in [-0.4, -0.2) is 12.1 Å². The molecule has 0 saturated heterocycles. The Kier molecular flexibility index (Phi) is 4.37. The smallest absolute Gasteiger partial charge is 0.333 e. The second-order valence-electron chi connectivity index (χ2n) is 4.60. The van der Waals surface area contributed by atoms with Crippen LogP contribution in [0.2, 0.25) is 0 Å². The van der Waals surface area contributed by atoms with Gasteiger partial charge >= 0.3 is 5.97 Å². The number of esters is 1. The van der Waals surface area contributed by atoms with Crippen molar-refractivity contribution in [3.63, 3.8) is 0 Å². The lowest BCUT2D eigenvalue weighted by atomic mass is 9.96. The van der Waals surface area contributed by atoms with Gasteiger partial charge in [0.1, 0.15) is 6.10 Å². The van der Waals surface area contributed by atoms with Crippen molar-refractivity contribution in [2.75, 3.05) is 0 Å². The molecule has 2 nitrogen and oxygen atoms in total. The number of rotatable bonds is 4. The Hall–Kier alpha value is -0.790. The summed E-state index contributed by atoms with van der Waals surface area (Å²) >= 11 is 0. The van der Waals surface area contributed by atoms with Gasteiger partial charge in [0.05, 0.1) is 0 Å². The van der Waals surface area contributed by atoms with Crippen LogP contribution in [0, 0.1) is 11.8 Å². The molecule has 1 saturated carbocycles. The van der Waals surface area contributed by atoms with Crippen LogP contribution in [0.5, 0.6) is 0 Å². The molecule has 1 aliphatic carbocycles. The highest BCUT2D eigenvalue weighted by molar-refractivity contribution is 5.87. The van der Waals surface area contributed by atoms with Gasteiger partial charge in [0.15, 0.2) is 0 Å². The highest BCUT2D eigenvalue weighted by atomic mass is 16.5. The fraction of sp³-hybridized carbons (Fsp3) is 0.769. The zero-order chi connectivity index (χ0) is 11.4. The minimum Gasteiger partial charge on any atom is -0.459 e. The summed E-state index contributed by atoms with van der Waals surface area (Å²) in [6, 6.07) is 0. The average molecular weight is 210 g/mol. The summed E-state index contributed by atoms with van der Waals surface area (Å²) in [5.41, 5.74) is 0.586. The summed E-state index contributed by atoms with van der Waals surface area (Å²) < 4.78 is 5.43. The third kappa shape index (κ3) is 3.08. The number of hydrogen-bond donors (Lipinski definition) is 0. The van der Waals surface area contributed by atoms with Crippen LogP contribution in [0.3, 0.4) is 0 Å². The number of carbonyl (C=O) groups is 1. The van der Waals surface area contributed by atoms with Crippen LogP contribution in [0.25, 0.3) is 0 Å². The molecule has 0 spiro atoms. The van der Waals surface area contributed by atoms with Crippen molar-refractivity contribution in [2.45, 2.75) is 52.6 Å². The summed E-state index contributed by atoms with van der Waals surface area (Å²) in [6.45, 7) is 10.1. The zero-order valence-electron chi connectivity index (χ0n) is 10.1. The molecule has 0 N–H and O–H groups in total. The van der Waals surface area contributed by atoms with E-state index in [1.54, 1.807) is 0 Å². The van der Waals surface area contributed by atoms with Gasteiger partial charge in [0.2, 0.25) is 0 Å². The Morgan fingerprint density at radius 2 is 2.07 bits per heavy atom. The Balaban J connectivity index is 2.42. The molecule has 1 fully saturated rings. The van der Waals surface area contributed by atoms with Gasteiger partial charge in [0.25, 0.3) is 0 Å². The Morgan fingerprint density at radius 1 is 1.40 bits per heavy atom. The lowest BCUT2D eigenvalue weighted by Gasteiger charge is -2.12. The van der Waals surface area contributed by atoms with E-state index in [4.69, 9.17) is 4.74 Å². The van der Waals surface area contributed by atoms with Gasteiger partial charge in [-0.3, -0.25) is 0 Å². The summed E-state index contributed by atoms with van der Waals surface area (Å²) in [5, 5.41) is 0. The van der Waals surface area contributed by atoms with Gasteiger partial charge in [-0.2, -0.15) is 0 Å². The molecule has 0 aliphatic heterocycles. The molecule has 0 aromatic rings. The van der Waals surface area contributed by atoms with Crippen molar-refractivity contribution >= 4 is 5.97 Å². The van der Waals surface area contributed by atoms with Gasteiger partial charge in [-0.25, -0.2) is 4.79 Å². The summed E-state index contributed by atoms with van der Waals surface area (Å²) in [4.78, 5) is 11.5. The fourth-order valence-corrected chi connectivity index (χ4v) is 2.32. The topological polar surface area (TPSA) is 26.3 Å². The van der Waals surface area contributed by atoms with Gasteiger partial charge in [0, 0.05) is 5.57 Å². The molecule has 0 aromatic heterocycles. The normalized spacial score (nSPS) is 30.2. The van der Waals surface area contributed by atoms with Crippen molar-refractivity contribution in [1.82, 2.24) is 0 Å². The van der Waals surface area contributed by atoms with Gasteiger partial charge < -0.3 is 4.74 Å². The van der Waals surface area contributed by atoms with E-state index in [9.17, 15) is 4.79 Å². The summed E-state index contributed by atoms with van der Waals surface area (Å²) in [7, 11) is 0. The van der Waals surface area contributed by atoms with Gasteiger partial charge in [-0.05, 0) is 31.1 Å². The van der Waals surface area contributed by atoms with E-state index >= 15 is 0 Å². The number of hydrogen-bond acceptors (Lipinski definition) is 2. The molecule has 3 atom stereocenters. The summed E-state index contributed by atoms with van der Waals surface area (Å²) in [6.07, 6.45) is 4.03. The monoisotopic (exact) mass is 210 g/mol. The maximum absolute atomic E-state index is 11.5. The molecule has 0 heterocycles. The maximum Gasteiger partial charge on any atom is 0.333 e. The summed E-state index contributed by atoms with van der Waals surface area (Å²) in [5.74, 6) is 1.20. The molecule has 0 bridgehead atoms. The molecule has 0 aromatic carbocycles. The van der Waals surface area contributed by atoms with Crippen molar-refractivity contribution in [2.24, 2.45) is 11.8 Å². The predicted octanol–water partition coefficient (Wildman–Crippen LogP) is 3.32.